The van der Waals surface area contributed by atoms with Crippen LogP contribution in [-0.4, -0.2) is 25.2 Å². The van der Waals surface area contributed by atoms with Gasteiger partial charge in [-0.3, -0.25) is 14.2 Å². The number of nitrogens with one attached hydrogen (secondary N) is 1. The van der Waals surface area contributed by atoms with E-state index in [1.165, 1.54) is 10.8 Å². The average Bonchev–Trinajstić information content (AvgIpc) is 3.14. The van der Waals surface area contributed by atoms with Crippen LogP contribution in [0.15, 0.2) is 59.5 Å². The Morgan fingerprint density at radius 3 is 2.47 bits per heavy atom. The molecule has 2 heterocycles. The lowest BCUT2D eigenvalue weighted by Crippen LogP contribution is -2.26. The first-order valence-corrected chi connectivity index (χ1v) is 9.88. The number of fused-ring (bicyclic) bond motifs is 1. The Bertz CT molecular complexity index is 1270. The summed E-state index contributed by atoms with van der Waals surface area (Å²) in [5, 5.41) is 8.16. The number of anilines is 1. The van der Waals surface area contributed by atoms with Crippen molar-refractivity contribution in [3.05, 3.63) is 81.5 Å². The molecule has 4 aromatic rings. The molecule has 30 heavy (non-hydrogen) atoms. The summed E-state index contributed by atoms with van der Waals surface area (Å²) in [6, 6.07) is 14.7. The van der Waals surface area contributed by atoms with Crippen LogP contribution in [0.4, 0.5) is 5.69 Å². The minimum atomic E-state index is -0.213. The number of carbonyl (C=O) groups is 1. The number of carbonyl (C=O) groups excluding carboxylic acids is 1. The van der Waals surface area contributed by atoms with Gasteiger partial charge in [0.25, 0.3) is 5.56 Å². The topological polar surface area (TPSA) is 81.8 Å². The van der Waals surface area contributed by atoms with E-state index < -0.39 is 0 Å². The third-order valence-electron chi connectivity index (χ3n) is 4.85. The summed E-state index contributed by atoms with van der Waals surface area (Å²) in [5.41, 5.74) is 2.92. The van der Waals surface area contributed by atoms with Gasteiger partial charge in [0, 0.05) is 23.7 Å². The molecule has 0 atom stereocenters. The number of aromatic nitrogens is 4. The largest absolute Gasteiger partial charge is 0.326 e. The molecule has 152 valence electrons. The molecule has 7 nitrogen and oxygen atoms in total. The highest BCUT2D eigenvalue weighted by Crippen LogP contribution is 2.16. The van der Waals surface area contributed by atoms with Crippen LogP contribution in [-0.2, 0) is 11.3 Å². The molecule has 0 radical (unpaired) electrons. The summed E-state index contributed by atoms with van der Waals surface area (Å²) in [6.07, 6.45) is 1.66. The monoisotopic (exact) mass is 421 g/mol. The maximum atomic E-state index is 13.0. The highest BCUT2D eigenvalue weighted by molar-refractivity contribution is 6.30. The molecule has 2 aromatic carbocycles. The fourth-order valence-corrected chi connectivity index (χ4v) is 3.34. The Kier molecular flexibility index (Phi) is 5.37. The van der Waals surface area contributed by atoms with E-state index in [2.05, 4.69) is 15.4 Å². The molecule has 0 aliphatic rings. The third-order valence-corrected chi connectivity index (χ3v) is 5.10. The van der Waals surface area contributed by atoms with Gasteiger partial charge in [-0.15, -0.1) is 0 Å². The average molecular weight is 422 g/mol. The van der Waals surface area contributed by atoms with E-state index in [9.17, 15) is 9.59 Å². The van der Waals surface area contributed by atoms with Crippen LogP contribution in [0, 0.1) is 13.8 Å². The van der Waals surface area contributed by atoms with Crippen molar-refractivity contribution in [2.75, 3.05) is 5.32 Å². The van der Waals surface area contributed by atoms with Gasteiger partial charge in [0.15, 0.2) is 5.65 Å². The van der Waals surface area contributed by atoms with Gasteiger partial charge >= 0.3 is 0 Å². The van der Waals surface area contributed by atoms with Crippen molar-refractivity contribution in [2.24, 2.45) is 0 Å². The van der Waals surface area contributed by atoms with Gasteiger partial charge in [-0.1, -0.05) is 29.3 Å². The van der Waals surface area contributed by atoms with Crippen molar-refractivity contribution in [1.29, 1.82) is 0 Å². The standard InChI is InChI=1S/C22H20ClN5O2/c1-14-3-9-18(10-4-14)28-21-19(13-24-28)22(30)27(15(2)25-21)12-11-20(29)26-17-7-5-16(23)6-8-17/h3-10,13H,11-12H2,1-2H3,(H,26,29). The number of nitrogens with zero attached hydrogens (tertiary/aromatic N) is 4. The Balaban J connectivity index is 1.56. The van der Waals surface area contributed by atoms with Crippen molar-refractivity contribution >= 4 is 34.2 Å². The minimum absolute atomic E-state index is 0.142. The van der Waals surface area contributed by atoms with Gasteiger partial charge in [0.05, 0.1) is 11.9 Å². The molecule has 8 heteroatoms. The molecule has 0 aliphatic heterocycles. The van der Waals surface area contributed by atoms with E-state index in [-0.39, 0.29) is 24.4 Å². The predicted molar refractivity (Wildman–Crippen MR) is 117 cm³/mol. The molecule has 1 amide bonds. The van der Waals surface area contributed by atoms with Crippen LogP contribution in [0.5, 0.6) is 0 Å². The zero-order valence-electron chi connectivity index (χ0n) is 16.6. The van der Waals surface area contributed by atoms with Crippen LogP contribution in [0.25, 0.3) is 16.7 Å². The minimum Gasteiger partial charge on any atom is -0.326 e. The van der Waals surface area contributed by atoms with Crippen molar-refractivity contribution in [3.8, 4) is 5.69 Å². The first kappa shape index (κ1) is 19.8. The third kappa shape index (κ3) is 3.97. The summed E-state index contributed by atoms with van der Waals surface area (Å²) < 4.78 is 3.16. The number of amides is 1. The fraction of sp³-hybridized carbons (Fsp3) is 0.182. The maximum Gasteiger partial charge on any atom is 0.264 e. The van der Waals surface area contributed by atoms with Gasteiger partial charge in [-0.2, -0.15) is 5.10 Å². The summed E-state index contributed by atoms with van der Waals surface area (Å²) in [5.74, 6) is 0.333. The molecule has 0 unspecified atom stereocenters. The van der Waals surface area contributed by atoms with E-state index in [1.54, 1.807) is 35.9 Å². The summed E-state index contributed by atoms with van der Waals surface area (Å²) in [4.78, 5) is 29.8. The second-order valence-electron chi connectivity index (χ2n) is 7.05. The smallest absolute Gasteiger partial charge is 0.264 e. The van der Waals surface area contributed by atoms with Crippen LogP contribution in [0.3, 0.4) is 0 Å². The molecule has 0 saturated carbocycles. The second kappa shape index (κ2) is 8.12. The molecule has 0 aliphatic carbocycles. The number of rotatable bonds is 5. The molecule has 0 bridgehead atoms. The SMILES string of the molecule is Cc1ccc(-n2ncc3c(=O)n(CCC(=O)Nc4ccc(Cl)cc4)c(C)nc32)cc1. The molecule has 2 aromatic heterocycles. The number of benzene rings is 2. The molecule has 0 saturated heterocycles. The molecular formula is C22H20ClN5O2. The normalized spacial score (nSPS) is 11.0. The highest BCUT2D eigenvalue weighted by atomic mass is 35.5. The Morgan fingerprint density at radius 2 is 1.77 bits per heavy atom. The van der Waals surface area contributed by atoms with Gasteiger partial charge in [-0.05, 0) is 50.2 Å². The van der Waals surface area contributed by atoms with Crippen LogP contribution in [0.1, 0.15) is 17.8 Å². The van der Waals surface area contributed by atoms with Gasteiger partial charge in [-0.25, -0.2) is 9.67 Å². The Morgan fingerprint density at radius 1 is 1.07 bits per heavy atom. The Labute approximate surface area is 177 Å². The molecule has 0 spiro atoms. The van der Waals surface area contributed by atoms with Gasteiger partial charge in [0.2, 0.25) is 5.91 Å². The lowest BCUT2D eigenvalue weighted by atomic mass is 10.2. The van der Waals surface area contributed by atoms with Crippen LogP contribution in [0.2, 0.25) is 5.02 Å². The van der Waals surface area contributed by atoms with Crippen molar-refractivity contribution in [1.82, 2.24) is 19.3 Å². The summed E-state index contributed by atoms with van der Waals surface area (Å²) in [6.45, 7) is 3.99. The van der Waals surface area contributed by atoms with E-state index >= 15 is 0 Å². The predicted octanol–water partition coefficient (Wildman–Crippen LogP) is 3.88. The van der Waals surface area contributed by atoms with E-state index in [1.807, 2.05) is 31.2 Å². The van der Waals surface area contributed by atoms with E-state index in [0.29, 0.717) is 27.6 Å². The summed E-state index contributed by atoms with van der Waals surface area (Å²) >= 11 is 5.86. The zero-order chi connectivity index (χ0) is 21.3. The molecule has 0 fully saturated rings. The van der Waals surface area contributed by atoms with E-state index in [4.69, 9.17) is 11.6 Å². The number of aryl methyl sites for hydroxylation is 2. The lowest BCUT2D eigenvalue weighted by molar-refractivity contribution is -0.116. The van der Waals surface area contributed by atoms with Gasteiger partial charge < -0.3 is 5.32 Å². The second-order valence-corrected chi connectivity index (χ2v) is 7.49. The van der Waals surface area contributed by atoms with Crippen molar-refractivity contribution in [2.45, 2.75) is 26.8 Å². The van der Waals surface area contributed by atoms with Crippen molar-refractivity contribution < 1.29 is 4.79 Å². The number of halogens is 1. The maximum absolute atomic E-state index is 13.0. The Hall–Kier alpha value is -3.45. The number of hydrogen-bond acceptors (Lipinski definition) is 4. The number of hydrogen-bond donors (Lipinski definition) is 1. The summed E-state index contributed by atoms with van der Waals surface area (Å²) in [7, 11) is 0. The molecule has 1 N–H and O–H groups in total. The molecule has 4 rings (SSSR count). The van der Waals surface area contributed by atoms with Crippen molar-refractivity contribution in [3.63, 3.8) is 0 Å². The first-order chi connectivity index (χ1) is 14.4. The molecular weight excluding hydrogens is 402 g/mol. The zero-order valence-corrected chi connectivity index (χ0v) is 17.3. The fourth-order valence-electron chi connectivity index (χ4n) is 3.21. The van der Waals surface area contributed by atoms with Crippen LogP contribution >= 0.6 is 11.6 Å². The van der Waals surface area contributed by atoms with Gasteiger partial charge in [0.1, 0.15) is 11.2 Å². The van der Waals surface area contributed by atoms with Crippen LogP contribution < -0.4 is 10.9 Å². The lowest BCUT2D eigenvalue weighted by Gasteiger charge is -2.11. The quantitative estimate of drug-likeness (QED) is 0.530. The van der Waals surface area contributed by atoms with E-state index in [0.717, 1.165) is 11.3 Å². The first-order valence-electron chi connectivity index (χ1n) is 9.50. The highest BCUT2D eigenvalue weighted by Gasteiger charge is 2.15.